The number of amides is 1. The third-order valence-electron chi connectivity index (χ3n) is 2.02. The Morgan fingerprint density at radius 2 is 1.90 bits per heavy atom. The molecule has 0 spiro atoms. The number of esters is 1. The zero-order valence-electron chi connectivity index (χ0n) is 12.2. The molecule has 0 aliphatic carbocycles. The van der Waals surface area contributed by atoms with E-state index in [0.29, 0.717) is 0 Å². The molecule has 0 saturated carbocycles. The number of hydrogen-bond donors (Lipinski definition) is 1. The van der Waals surface area contributed by atoms with Gasteiger partial charge in [0.15, 0.2) is 6.04 Å². The van der Waals surface area contributed by atoms with Gasteiger partial charge in [-0.2, -0.15) is 0 Å². The summed E-state index contributed by atoms with van der Waals surface area (Å²) in [6.45, 7) is 9.33. The highest BCUT2D eigenvalue weighted by atomic mass is 19.3. The average molecular weight is 293 g/mol. The number of allylic oxidation sites excluding steroid dienone is 1. The molecule has 0 bridgehead atoms. The Labute approximate surface area is 117 Å². The molecule has 0 radical (unpaired) electrons. The number of rotatable bonds is 6. The van der Waals surface area contributed by atoms with Crippen molar-refractivity contribution in [2.24, 2.45) is 0 Å². The van der Waals surface area contributed by atoms with Gasteiger partial charge < -0.3 is 14.8 Å². The predicted molar refractivity (Wildman–Crippen MR) is 69.6 cm³/mol. The maximum Gasteiger partial charge on any atom is 0.408 e. The summed E-state index contributed by atoms with van der Waals surface area (Å²) in [5, 5.41) is 1.85. The van der Waals surface area contributed by atoms with Crippen LogP contribution < -0.4 is 5.32 Å². The fourth-order valence-corrected chi connectivity index (χ4v) is 1.30. The fraction of sp³-hybridized carbons (Fsp3) is 0.692. The molecule has 116 valence electrons. The van der Waals surface area contributed by atoms with Crippen LogP contribution in [-0.4, -0.2) is 36.2 Å². The van der Waals surface area contributed by atoms with Crippen LogP contribution in [0.1, 0.15) is 34.1 Å². The van der Waals surface area contributed by atoms with Crippen LogP contribution in [0.15, 0.2) is 12.7 Å². The van der Waals surface area contributed by atoms with E-state index in [-0.39, 0.29) is 6.61 Å². The second kappa shape index (κ2) is 7.21. The van der Waals surface area contributed by atoms with Crippen molar-refractivity contribution in [3.05, 3.63) is 12.7 Å². The second-order valence-electron chi connectivity index (χ2n) is 5.09. The Bertz CT molecular complexity index is 364. The van der Waals surface area contributed by atoms with Crippen LogP contribution in [-0.2, 0) is 14.3 Å². The van der Waals surface area contributed by atoms with Crippen molar-refractivity contribution in [3.8, 4) is 0 Å². The Hall–Kier alpha value is -1.66. The molecule has 1 unspecified atom stereocenters. The van der Waals surface area contributed by atoms with E-state index in [1.807, 2.05) is 5.32 Å². The lowest BCUT2D eigenvalue weighted by atomic mass is 10.1. The molecule has 0 heterocycles. The predicted octanol–water partition coefficient (Wildman–Crippen LogP) is 2.65. The van der Waals surface area contributed by atoms with E-state index < -0.39 is 36.0 Å². The Morgan fingerprint density at radius 1 is 1.35 bits per heavy atom. The molecule has 5 nitrogen and oxygen atoms in total. The lowest BCUT2D eigenvalue weighted by Gasteiger charge is -2.27. The monoisotopic (exact) mass is 293 g/mol. The highest BCUT2D eigenvalue weighted by Crippen LogP contribution is 2.25. The highest BCUT2D eigenvalue weighted by molar-refractivity contribution is 5.82. The van der Waals surface area contributed by atoms with Gasteiger partial charge >= 0.3 is 12.1 Å². The van der Waals surface area contributed by atoms with Crippen molar-refractivity contribution in [2.75, 3.05) is 6.61 Å². The summed E-state index contributed by atoms with van der Waals surface area (Å²) < 4.78 is 37.0. The molecule has 7 heteroatoms. The molecule has 0 aliphatic rings. The Balaban J connectivity index is 5.00. The van der Waals surface area contributed by atoms with E-state index in [1.54, 1.807) is 20.8 Å². The van der Waals surface area contributed by atoms with Gasteiger partial charge in [-0.25, -0.2) is 18.4 Å². The summed E-state index contributed by atoms with van der Waals surface area (Å²) in [5.74, 6) is -4.73. The van der Waals surface area contributed by atoms with Crippen molar-refractivity contribution in [3.63, 3.8) is 0 Å². The minimum Gasteiger partial charge on any atom is -0.464 e. The largest absolute Gasteiger partial charge is 0.464 e. The molecular weight excluding hydrogens is 272 g/mol. The molecule has 1 amide bonds. The normalized spacial score (nSPS) is 13.3. The van der Waals surface area contributed by atoms with Gasteiger partial charge in [0.25, 0.3) is 5.92 Å². The quantitative estimate of drug-likeness (QED) is 0.604. The molecule has 0 saturated heterocycles. The topological polar surface area (TPSA) is 64.6 Å². The van der Waals surface area contributed by atoms with Gasteiger partial charge in [-0.15, -0.1) is 6.58 Å². The summed E-state index contributed by atoms with van der Waals surface area (Å²) in [6, 6.07) is -2.12. The third-order valence-corrected chi connectivity index (χ3v) is 2.02. The lowest BCUT2D eigenvalue weighted by molar-refractivity contribution is -0.156. The fourth-order valence-electron chi connectivity index (χ4n) is 1.30. The van der Waals surface area contributed by atoms with Crippen LogP contribution in [0, 0.1) is 0 Å². The SMILES string of the molecule is C=CCC(F)(F)C(NC(=O)OC(C)(C)C)C(=O)OCC. The zero-order valence-corrected chi connectivity index (χ0v) is 12.2. The maximum absolute atomic E-state index is 13.8. The van der Waals surface area contributed by atoms with E-state index in [4.69, 9.17) is 4.74 Å². The van der Waals surface area contributed by atoms with E-state index >= 15 is 0 Å². The first-order valence-corrected chi connectivity index (χ1v) is 6.18. The maximum atomic E-state index is 13.8. The molecule has 20 heavy (non-hydrogen) atoms. The Morgan fingerprint density at radius 3 is 2.30 bits per heavy atom. The third kappa shape index (κ3) is 6.49. The summed E-state index contributed by atoms with van der Waals surface area (Å²) in [6.07, 6.45) is -0.922. The van der Waals surface area contributed by atoms with Crippen LogP contribution in [0.4, 0.5) is 13.6 Å². The first-order chi connectivity index (χ1) is 9.03. The number of alkyl carbamates (subject to hydrolysis) is 1. The second-order valence-corrected chi connectivity index (χ2v) is 5.09. The zero-order chi connectivity index (χ0) is 16.0. The van der Waals surface area contributed by atoms with Crippen molar-refractivity contribution in [2.45, 2.75) is 51.7 Å². The van der Waals surface area contributed by atoms with Gasteiger partial charge in [0.1, 0.15) is 5.60 Å². The van der Waals surface area contributed by atoms with Crippen LogP contribution in [0.3, 0.4) is 0 Å². The minimum absolute atomic E-state index is 0.0739. The number of halogens is 2. The first-order valence-electron chi connectivity index (χ1n) is 6.18. The van der Waals surface area contributed by atoms with Crippen molar-refractivity contribution in [1.82, 2.24) is 5.32 Å². The van der Waals surface area contributed by atoms with E-state index in [1.165, 1.54) is 6.92 Å². The van der Waals surface area contributed by atoms with Gasteiger partial charge in [-0.1, -0.05) is 6.08 Å². The molecule has 0 aliphatic heterocycles. The van der Waals surface area contributed by atoms with Gasteiger partial charge in [0, 0.05) is 6.42 Å². The standard InChI is InChI=1S/C13H21F2NO4/c1-6-8-13(14,15)9(10(17)19-7-2)16-11(18)20-12(3,4)5/h6,9H,1,7-8H2,2-5H3,(H,16,18). The number of hydrogen-bond acceptors (Lipinski definition) is 4. The molecule has 0 aromatic heterocycles. The average Bonchev–Trinajstić information content (AvgIpc) is 2.23. The molecule has 1 N–H and O–H groups in total. The van der Waals surface area contributed by atoms with Crippen molar-refractivity contribution in [1.29, 1.82) is 0 Å². The number of nitrogens with one attached hydrogen (secondary N) is 1. The van der Waals surface area contributed by atoms with Crippen molar-refractivity contribution < 1.29 is 27.8 Å². The Kier molecular flexibility index (Phi) is 6.61. The highest BCUT2D eigenvalue weighted by Gasteiger charge is 2.46. The van der Waals surface area contributed by atoms with Crippen LogP contribution in [0.2, 0.25) is 0 Å². The van der Waals surface area contributed by atoms with Crippen molar-refractivity contribution >= 4 is 12.1 Å². The number of ether oxygens (including phenoxy) is 2. The van der Waals surface area contributed by atoms with Gasteiger partial charge in [0.2, 0.25) is 0 Å². The van der Waals surface area contributed by atoms with Gasteiger partial charge in [0.05, 0.1) is 6.61 Å². The molecule has 0 aromatic rings. The van der Waals surface area contributed by atoms with E-state index in [0.717, 1.165) is 6.08 Å². The summed E-state index contributed by atoms with van der Waals surface area (Å²) in [5.41, 5.74) is -0.864. The van der Waals surface area contributed by atoms with Crippen LogP contribution >= 0.6 is 0 Å². The minimum atomic E-state index is -3.51. The number of carbonyl (C=O) groups excluding carboxylic acids is 2. The van der Waals surface area contributed by atoms with E-state index in [9.17, 15) is 18.4 Å². The molecule has 1 atom stereocenters. The number of alkyl halides is 2. The summed E-state index contributed by atoms with van der Waals surface area (Å²) in [4.78, 5) is 23.1. The van der Waals surface area contributed by atoms with Crippen LogP contribution in [0.5, 0.6) is 0 Å². The molecule has 0 rings (SSSR count). The van der Waals surface area contributed by atoms with Gasteiger partial charge in [-0.05, 0) is 27.7 Å². The smallest absolute Gasteiger partial charge is 0.408 e. The van der Waals surface area contributed by atoms with Crippen LogP contribution in [0.25, 0.3) is 0 Å². The summed E-state index contributed by atoms with van der Waals surface area (Å²) in [7, 11) is 0. The number of carbonyl (C=O) groups is 2. The summed E-state index contributed by atoms with van der Waals surface area (Å²) >= 11 is 0. The molecule has 0 fully saturated rings. The van der Waals surface area contributed by atoms with E-state index in [2.05, 4.69) is 11.3 Å². The van der Waals surface area contributed by atoms with Gasteiger partial charge in [-0.3, -0.25) is 0 Å². The first kappa shape index (κ1) is 18.3. The lowest BCUT2D eigenvalue weighted by Crippen LogP contribution is -2.54. The molecular formula is C13H21F2NO4. The molecule has 0 aromatic carbocycles.